The second kappa shape index (κ2) is 6.95. The Hall–Kier alpha value is -0.540. The lowest BCUT2D eigenvalue weighted by molar-refractivity contribution is 0.580. The van der Waals surface area contributed by atoms with Gasteiger partial charge < -0.3 is 5.73 Å². The zero-order chi connectivity index (χ0) is 15.5. The summed E-state index contributed by atoms with van der Waals surface area (Å²) in [6.07, 6.45) is 1.52. The molecule has 0 saturated carbocycles. The van der Waals surface area contributed by atoms with Crippen LogP contribution in [-0.4, -0.2) is 35.7 Å². The van der Waals surface area contributed by atoms with Crippen molar-refractivity contribution < 1.29 is 12.6 Å². The predicted molar refractivity (Wildman–Crippen MR) is 86.1 cm³/mol. The first-order valence-corrected chi connectivity index (χ1v) is 9.45. The van der Waals surface area contributed by atoms with Crippen molar-refractivity contribution in [2.75, 3.05) is 12.8 Å². The van der Waals surface area contributed by atoms with Gasteiger partial charge in [0.2, 0.25) is 10.0 Å². The van der Waals surface area contributed by atoms with Gasteiger partial charge in [-0.05, 0) is 25.1 Å². The second-order valence-electron chi connectivity index (χ2n) is 4.17. The summed E-state index contributed by atoms with van der Waals surface area (Å²) in [6, 6.07) is 4.11. The predicted octanol–water partition coefficient (Wildman–Crippen LogP) is 1.02. The smallest absolute Gasteiger partial charge is 0.240 e. The molecule has 5 nitrogen and oxygen atoms in total. The number of benzene rings is 1. The van der Waals surface area contributed by atoms with Gasteiger partial charge in [-0.1, -0.05) is 23.8 Å². The van der Waals surface area contributed by atoms with Crippen LogP contribution in [0, 0.1) is 0 Å². The minimum absolute atomic E-state index is 0.0107. The Balaban J connectivity index is 2.96. The number of hydrogen-bond donors (Lipinski definition) is 2. The normalized spacial score (nSPS) is 14.8. The van der Waals surface area contributed by atoms with Crippen molar-refractivity contribution in [3.63, 3.8) is 0 Å². The van der Waals surface area contributed by atoms with E-state index in [-0.39, 0.29) is 26.7 Å². The Morgan fingerprint density at radius 2 is 2.15 bits per heavy atom. The molecule has 20 heavy (non-hydrogen) atoms. The third-order valence-corrected chi connectivity index (χ3v) is 5.90. The summed E-state index contributed by atoms with van der Waals surface area (Å²) in [5.74, 6) is 0. The average Bonchev–Trinajstić information content (AvgIpc) is 2.35. The summed E-state index contributed by atoms with van der Waals surface area (Å²) >= 11 is 10.7. The molecule has 0 bridgehead atoms. The van der Waals surface area contributed by atoms with E-state index in [1.807, 2.05) is 0 Å². The summed E-state index contributed by atoms with van der Waals surface area (Å²) in [7, 11) is -4.81. The number of halogens is 1. The monoisotopic (exact) mass is 354 g/mol. The highest BCUT2D eigenvalue weighted by Gasteiger charge is 2.18. The first-order chi connectivity index (χ1) is 9.15. The fraction of sp³-hybridized carbons (Fsp3) is 0.364. The van der Waals surface area contributed by atoms with Gasteiger partial charge in [-0.25, -0.2) is 13.1 Å². The van der Waals surface area contributed by atoms with E-state index in [1.165, 1.54) is 24.5 Å². The van der Waals surface area contributed by atoms with E-state index in [9.17, 15) is 12.6 Å². The number of nitrogens with one attached hydrogen (secondary N) is 1. The molecule has 9 heteroatoms. The molecule has 0 aromatic heterocycles. The lowest BCUT2D eigenvalue weighted by atomic mass is 10.2. The fourth-order valence-electron chi connectivity index (χ4n) is 1.29. The molecule has 0 aliphatic carbocycles. The van der Waals surface area contributed by atoms with Crippen LogP contribution in [-0.2, 0) is 20.8 Å². The maximum atomic E-state index is 12.1. The van der Waals surface area contributed by atoms with Crippen LogP contribution in [0.5, 0.6) is 0 Å². The summed E-state index contributed by atoms with van der Waals surface area (Å²) in [4.78, 5) is 0.110. The van der Waals surface area contributed by atoms with Crippen LogP contribution in [0.4, 0.5) is 0 Å². The van der Waals surface area contributed by atoms with E-state index in [4.69, 9.17) is 29.6 Å². The van der Waals surface area contributed by atoms with Gasteiger partial charge in [0, 0.05) is 34.4 Å². The van der Waals surface area contributed by atoms with Crippen LogP contribution in [0.1, 0.15) is 12.5 Å². The molecule has 0 spiro atoms. The average molecular weight is 355 g/mol. The lowest BCUT2D eigenvalue weighted by Gasteiger charge is -2.11. The molecule has 1 aromatic rings. The first kappa shape index (κ1) is 17.5. The van der Waals surface area contributed by atoms with Gasteiger partial charge in [0.25, 0.3) is 0 Å². The van der Waals surface area contributed by atoms with Crippen LogP contribution in [0.2, 0.25) is 5.02 Å². The maximum Gasteiger partial charge on any atom is 0.240 e. The lowest BCUT2D eigenvalue weighted by Crippen LogP contribution is -2.32. The van der Waals surface area contributed by atoms with Crippen LogP contribution < -0.4 is 10.5 Å². The van der Waals surface area contributed by atoms with E-state index >= 15 is 0 Å². The highest BCUT2D eigenvalue weighted by molar-refractivity contribution is 7.89. The molecule has 1 rings (SSSR count). The minimum atomic E-state index is -3.71. The first-order valence-electron chi connectivity index (χ1n) is 5.56. The molecular weight excluding hydrogens is 340 g/mol. The number of sulfonamides is 1. The van der Waals surface area contributed by atoms with Crippen molar-refractivity contribution in [3.05, 3.63) is 28.8 Å². The van der Waals surface area contributed by atoms with E-state index in [2.05, 4.69) is 4.72 Å². The third kappa shape index (κ3) is 4.49. The number of hydrogen-bond acceptors (Lipinski definition) is 4. The Labute approximate surface area is 131 Å². The van der Waals surface area contributed by atoms with Gasteiger partial charge in [-0.3, -0.25) is 4.21 Å². The molecule has 0 radical (unpaired) electrons. The van der Waals surface area contributed by atoms with Crippen LogP contribution >= 0.6 is 23.8 Å². The Bertz CT molecular complexity index is 646. The van der Waals surface area contributed by atoms with E-state index < -0.39 is 20.8 Å². The largest absolute Gasteiger partial charge is 0.389 e. The van der Waals surface area contributed by atoms with Crippen LogP contribution in [0.15, 0.2) is 23.1 Å². The van der Waals surface area contributed by atoms with E-state index in [0.29, 0.717) is 5.56 Å². The van der Waals surface area contributed by atoms with Gasteiger partial charge in [-0.15, -0.1) is 0 Å². The summed E-state index contributed by atoms with van der Waals surface area (Å²) < 4.78 is 37.7. The molecule has 0 fully saturated rings. The standard InChI is InChI=1S/C11H15ClN2O3S3/c1-7(19(2)15)6-14-20(16,17)8-3-4-9(11(13)18)10(12)5-8/h3-5,7,14H,6H2,1-2H3,(H2,13,18). The Morgan fingerprint density at radius 1 is 1.55 bits per heavy atom. The van der Waals surface area contributed by atoms with Crippen molar-refractivity contribution in [2.45, 2.75) is 17.1 Å². The van der Waals surface area contributed by atoms with Gasteiger partial charge in [-0.2, -0.15) is 0 Å². The van der Waals surface area contributed by atoms with E-state index in [0.717, 1.165) is 0 Å². The zero-order valence-corrected chi connectivity index (χ0v) is 14.1. The van der Waals surface area contributed by atoms with Gasteiger partial charge >= 0.3 is 0 Å². The van der Waals surface area contributed by atoms with Gasteiger partial charge in [0.15, 0.2) is 0 Å². The van der Waals surface area contributed by atoms with Crippen molar-refractivity contribution >= 4 is 49.6 Å². The molecule has 3 N–H and O–H groups in total. The summed E-state index contributed by atoms with van der Waals surface area (Å²) in [5.41, 5.74) is 5.87. The SMILES string of the molecule is CC(CNS(=O)(=O)c1ccc(C(N)=S)c(Cl)c1)S(C)=O. The quantitative estimate of drug-likeness (QED) is 0.744. The molecule has 0 heterocycles. The van der Waals surface area contributed by atoms with Crippen LogP contribution in [0.25, 0.3) is 0 Å². The maximum absolute atomic E-state index is 12.1. The number of rotatable bonds is 6. The molecule has 112 valence electrons. The molecule has 0 amide bonds. The summed E-state index contributed by atoms with van der Waals surface area (Å²) in [5, 5.41) is -0.108. The number of thiocarbonyl (C=S) groups is 1. The fourth-order valence-corrected chi connectivity index (χ4v) is 3.45. The van der Waals surface area contributed by atoms with Crippen LogP contribution in [0.3, 0.4) is 0 Å². The molecule has 1 aromatic carbocycles. The Kier molecular flexibility index (Phi) is 6.08. The van der Waals surface area contributed by atoms with Crippen molar-refractivity contribution in [1.29, 1.82) is 0 Å². The van der Waals surface area contributed by atoms with Crippen molar-refractivity contribution in [2.24, 2.45) is 5.73 Å². The molecule has 0 aliphatic rings. The Morgan fingerprint density at radius 3 is 2.60 bits per heavy atom. The minimum Gasteiger partial charge on any atom is -0.389 e. The van der Waals surface area contributed by atoms with E-state index in [1.54, 1.807) is 6.92 Å². The molecule has 2 atom stereocenters. The van der Waals surface area contributed by atoms with Gasteiger partial charge in [0.05, 0.1) is 9.92 Å². The highest BCUT2D eigenvalue weighted by Crippen LogP contribution is 2.20. The summed E-state index contributed by atoms with van der Waals surface area (Å²) in [6.45, 7) is 1.78. The zero-order valence-electron chi connectivity index (χ0n) is 10.9. The molecular formula is C11H15ClN2O3S3. The van der Waals surface area contributed by atoms with Crippen molar-refractivity contribution in [3.8, 4) is 0 Å². The molecule has 2 unspecified atom stereocenters. The number of nitrogens with two attached hydrogens (primary N) is 1. The molecule has 0 saturated heterocycles. The third-order valence-electron chi connectivity index (χ3n) is 2.64. The van der Waals surface area contributed by atoms with Crippen molar-refractivity contribution in [1.82, 2.24) is 4.72 Å². The second-order valence-corrected chi connectivity index (χ2v) is 8.58. The highest BCUT2D eigenvalue weighted by atomic mass is 35.5. The van der Waals surface area contributed by atoms with Gasteiger partial charge in [0.1, 0.15) is 4.99 Å². The molecule has 0 aliphatic heterocycles. The topological polar surface area (TPSA) is 89.3 Å².